The topological polar surface area (TPSA) is 58.6 Å². The summed E-state index contributed by atoms with van der Waals surface area (Å²) >= 11 is 1.59. The predicted octanol–water partition coefficient (Wildman–Crippen LogP) is 3.36. The number of hydrogen-bond acceptors (Lipinski definition) is 4. The Kier molecular flexibility index (Phi) is 5.40. The molecule has 1 atom stereocenters. The molecule has 6 heteroatoms. The smallest absolute Gasteiger partial charge is 0.250 e. The monoisotopic (exact) mass is 356 g/mol. The minimum atomic E-state index is -0.203. The van der Waals surface area contributed by atoms with E-state index in [2.05, 4.69) is 5.32 Å². The molecule has 2 aromatic carbocycles. The Labute approximate surface area is 151 Å². The lowest BCUT2D eigenvalue weighted by atomic mass is 10.1. The highest BCUT2D eigenvalue weighted by Gasteiger charge is 2.34. The lowest BCUT2D eigenvalue weighted by Crippen LogP contribution is -2.28. The van der Waals surface area contributed by atoms with Crippen LogP contribution in [0.4, 0.5) is 11.4 Å². The molecule has 0 aromatic heterocycles. The minimum absolute atomic E-state index is 0.0102. The number of nitrogens with zero attached hydrogens (tertiary/aromatic N) is 1. The van der Waals surface area contributed by atoms with Crippen LogP contribution in [-0.4, -0.2) is 31.3 Å². The van der Waals surface area contributed by atoms with E-state index in [1.807, 2.05) is 60.4 Å². The first-order chi connectivity index (χ1) is 12.1. The molecule has 0 aliphatic carbocycles. The van der Waals surface area contributed by atoms with Crippen molar-refractivity contribution in [1.29, 1.82) is 0 Å². The highest BCUT2D eigenvalue weighted by Crippen LogP contribution is 2.42. The van der Waals surface area contributed by atoms with Crippen LogP contribution in [0.15, 0.2) is 48.5 Å². The van der Waals surface area contributed by atoms with Gasteiger partial charge in [0.1, 0.15) is 12.0 Å². The first kappa shape index (κ1) is 17.5. The number of rotatable bonds is 5. The van der Waals surface area contributed by atoms with E-state index in [9.17, 15) is 9.59 Å². The number of thioether (sulfide) groups is 1. The minimum Gasteiger partial charge on any atom is -0.375 e. The Bertz CT molecular complexity index is 794. The molecule has 0 radical (unpaired) electrons. The Morgan fingerprint density at radius 3 is 2.84 bits per heavy atom. The molecule has 2 amide bonds. The Hall–Kier alpha value is -2.31. The van der Waals surface area contributed by atoms with Crippen LogP contribution in [0.25, 0.3) is 0 Å². The van der Waals surface area contributed by atoms with Gasteiger partial charge in [0.25, 0.3) is 0 Å². The molecule has 2 aromatic rings. The van der Waals surface area contributed by atoms with Gasteiger partial charge in [-0.1, -0.05) is 24.3 Å². The second-order valence-electron chi connectivity index (χ2n) is 5.87. The van der Waals surface area contributed by atoms with Gasteiger partial charge in [-0.2, -0.15) is 0 Å². The number of hydrogen-bond donors (Lipinski definition) is 1. The average Bonchev–Trinajstić information content (AvgIpc) is 2.97. The summed E-state index contributed by atoms with van der Waals surface area (Å²) in [6.07, 6.45) is 0. The summed E-state index contributed by atoms with van der Waals surface area (Å²) in [5.41, 5.74) is 3.69. The number of benzene rings is 2. The summed E-state index contributed by atoms with van der Waals surface area (Å²) in [5.74, 6) is 0.332. The van der Waals surface area contributed by atoms with Gasteiger partial charge in [-0.3, -0.25) is 14.5 Å². The molecule has 1 N–H and O–H groups in total. The van der Waals surface area contributed by atoms with Gasteiger partial charge in [0.15, 0.2) is 0 Å². The van der Waals surface area contributed by atoms with E-state index in [1.165, 1.54) is 7.11 Å². The average molecular weight is 356 g/mol. The molecule has 1 aliphatic rings. The van der Waals surface area contributed by atoms with E-state index >= 15 is 0 Å². The number of ether oxygens (including phenoxy) is 1. The number of carbonyl (C=O) groups is 2. The maximum Gasteiger partial charge on any atom is 0.250 e. The molecule has 25 heavy (non-hydrogen) atoms. The van der Waals surface area contributed by atoms with E-state index < -0.39 is 0 Å². The van der Waals surface area contributed by atoms with Crippen LogP contribution in [-0.2, 0) is 14.3 Å². The first-order valence-electron chi connectivity index (χ1n) is 7.97. The van der Waals surface area contributed by atoms with Crippen molar-refractivity contribution in [2.75, 3.05) is 29.7 Å². The molecule has 0 spiro atoms. The molecule has 3 rings (SSSR count). The molecular formula is C19H20N2O3S. The van der Waals surface area contributed by atoms with Crippen molar-refractivity contribution in [2.45, 2.75) is 12.3 Å². The first-order valence-corrected chi connectivity index (χ1v) is 9.02. The van der Waals surface area contributed by atoms with Crippen molar-refractivity contribution in [3.63, 3.8) is 0 Å². The fourth-order valence-corrected chi connectivity index (χ4v) is 3.99. The van der Waals surface area contributed by atoms with Gasteiger partial charge in [0.05, 0.1) is 5.75 Å². The summed E-state index contributed by atoms with van der Waals surface area (Å²) in [7, 11) is 1.48. The Morgan fingerprint density at radius 1 is 1.28 bits per heavy atom. The summed E-state index contributed by atoms with van der Waals surface area (Å²) in [6, 6.07) is 15.5. The highest BCUT2D eigenvalue weighted by atomic mass is 32.2. The molecule has 0 saturated carbocycles. The molecule has 130 valence electrons. The fourth-order valence-electron chi connectivity index (χ4n) is 2.83. The van der Waals surface area contributed by atoms with Crippen LogP contribution in [0, 0.1) is 6.92 Å². The van der Waals surface area contributed by atoms with Crippen molar-refractivity contribution in [2.24, 2.45) is 0 Å². The van der Waals surface area contributed by atoms with E-state index in [4.69, 9.17) is 4.74 Å². The molecule has 0 bridgehead atoms. The second kappa shape index (κ2) is 7.72. The van der Waals surface area contributed by atoms with Crippen LogP contribution < -0.4 is 10.2 Å². The van der Waals surface area contributed by atoms with Crippen molar-refractivity contribution in [1.82, 2.24) is 0 Å². The third-order valence-electron chi connectivity index (χ3n) is 3.88. The third-order valence-corrected chi connectivity index (χ3v) is 5.09. The van der Waals surface area contributed by atoms with Gasteiger partial charge in [0, 0.05) is 18.5 Å². The predicted molar refractivity (Wildman–Crippen MR) is 101 cm³/mol. The van der Waals surface area contributed by atoms with Crippen molar-refractivity contribution < 1.29 is 14.3 Å². The van der Waals surface area contributed by atoms with Gasteiger partial charge in [-0.25, -0.2) is 0 Å². The van der Waals surface area contributed by atoms with Gasteiger partial charge in [0.2, 0.25) is 11.8 Å². The standard InChI is InChI=1S/C19H20N2O3S/c1-13-5-3-8-16(9-13)21-18(23)12-25-19(21)14-6-4-7-15(10-14)20-17(22)11-24-2/h3-10,19H,11-12H2,1-2H3,(H,20,22)/t19-/m1/s1. The van der Waals surface area contributed by atoms with Crippen LogP contribution >= 0.6 is 11.8 Å². The third kappa shape index (κ3) is 4.03. The summed E-state index contributed by atoms with van der Waals surface area (Å²) in [6.45, 7) is 2.02. The van der Waals surface area contributed by atoms with E-state index in [1.54, 1.807) is 11.8 Å². The normalized spacial score (nSPS) is 17.0. The second-order valence-corrected chi connectivity index (χ2v) is 6.94. The van der Waals surface area contributed by atoms with Crippen LogP contribution in [0.5, 0.6) is 0 Å². The molecule has 1 saturated heterocycles. The summed E-state index contributed by atoms with van der Waals surface area (Å²) in [5, 5.41) is 2.70. The maximum atomic E-state index is 12.4. The number of amides is 2. The summed E-state index contributed by atoms with van der Waals surface area (Å²) < 4.78 is 4.84. The Morgan fingerprint density at radius 2 is 2.08 bits per heavy atom. The Balaban J connectivity index is 1.87. The zero-order valence-electron chi connectivity index (χ0n) is 14.2. The molecule has 5 nitrogen and oxygen atoms in total. The van der Waals surface area contributed by atoms with Crippen LogP contribution in [0.3, 0.4) is 0 Å². The van der Waals surface area contributed by atoms with Gasteiger partial charge in [-0.05, 0) is 42.3 Å². The van der Waals surface area contributed by atoms with Crippen molar-refractivity contribution in [3.8, 4) is 0 Å². The quantitative estimate of drug-likeness (QED) is 0.892. The van der Waals surface area contributed by atoms with E-state index in [0.717, 1.165) is 16.8 Å². The van der Waals surface area contributed by atoms with Crippen molar-refractivity contribution in [3.05, 3.63) is 59.7 Å². The number of anilines is 2. The molecule has 1 heterocycles. The summed E-state index contributed by atoms with van der Waals surface area (Å²) in [4.78, 5) is 26.0. The lowest BCUT2D eigenvalue weighted by Gasteiger charge is -2.25. The fraction of sp³-hybridized carbons (Fsp3) is 0.263. The van der Waals surface area contributed by atoms with Crippen LogP contribution in [0.1, 0.15) is 16.5 Å². The molecule has 1 fully saturated rings. The zero-order valence-corrected chi connectivity index (χ0v) is 15.0. The number of aryl methyl sites for hydroxylation is 1. The van der Waals surface area contributed by atoms with Crippen molar-refractivity contribution >= 4 is 35.0 Å². The van der Waals surface area contributed by atoms with Crippen LogP contribution in [0.2, 0.25) is 0 Å². The maximum absolute atomic E-state index is 12.4. The van der Waals surface area contributed by atoms with Gasteiger partial charge < -0.3 is 10.1 Å². The molecular weight excluding hydrogens is 336 g/mol. The van der Waals surface area contributed by atoms with Gasteiger partial charge in [-0.15, -0.1) is 11.8 Å². The van der Waals surface area contributed by atoms with Gasteiger partial charge >= 0.3 is 0 Å². The molecule has 0 unspecified atom stereocenters. The molecule has 1 aliphatic heterocycles. The van der Waals surface area contributed by atoms with E-state index in [-0.39, 0.29) is 23.8 Å². The largest absolute Gasteiger partial charge is 0.375 e. The number of carbonyl (C=O) groups excluding carboxylic acids is 2. The number of methoxy groups -OCH3 is 1. The lowest BCUT2D eigenvalue weighted by molar-refractivity contribution is -0.119. The SMILES string of the molecule is COCC(=O)Nc1cccc([C@H]2SCC(=O)N2c2cccc(C)c2)c1. The number of nitrogens with one attached hydrogen (secondary N) is 1. The highest BCUT2D eigenvalue weighted by molar-refractivity contribution is 8.00. The van der Waals surface area contributed by atoms with E-state index in [0.29, 0.717) is 11.4 Å². The zero-order chi connectivity index (χ0) is 17.8.